The molecule has 3 aromatic rings. The van der Waals surface area contributed by atoms with E-state index in [-0.39, 0.29) is 5.41 Å². The summed E-state index contributed by atoms with van der Waals surface area (Å²) in [7, 11) is 1.86. The van der Waals surface area contributed by atoms with E-state index < -0.39 is 5.72 Å². The Morgan fingerprint density at radius 2 is 1.67 bits per heavy atom. The molecule has 3 aliphatic rings. The van der Waals surface area contributed by atoms with E-state index in [1.54, 1.807) is 5.06 Å². The first-order chi connectivity index (χ1) is 15.9. The molecule has 0 saturated carbocycles. The Morgan fingerprint density at radius 3 is 2.30 bits per heavy atom. The van der Waals surface area contributed by atoms with Crippen LogP contribution in [0.3, 0.4) is 0 Å². The van der Waals surface area contributed by atoms with Crippen LogP contribution in [0.4, 0.5) is 0 Å². The van der Waals surface area contributed by atoms with Crippen molar-refractivity contribution in [3.05, 3.63) is 93.5 Å². The summed E-state index contributed by atoms with van der Waals surface area (Å²) in [5.74, 6) is 0.438. The van der Waals surface area contributed by atoms with Crippen LogP contribution in [-0.2, 0) is 29.8 Å². The van der Waals surface area contributed by atoms with Gasteiger partial charge in [0, 0.05) is 23.0 Å². The maximum Gasteiger partial charge on any atom is 0.220 e. The number of aliphatic imine (C=N–C) groups is 1. The van der Waals surface area contributed by atoms with E-state index in [0.717, 1.165) is 59.4 Å². The van der Waals surface area contributed by atoms with Crippen LogP contribution in [-0.4, -0.2) is 18.1 Å². The molecule has 2 aliphatic carbocycles. The van der Waals surface area contributed by atoms with Gasteiger partial charge >= 0.3 is 0 Å². The number of hydrogen-bond donors (Lipinski definition) is 1. The van der Waals surface area contributed by atoms with Crippen LogP contribution in [0, 0.1) is 12.3 Å². The lowest BCUT2D eigenvalue weighted by Gasteiger charge is -2.40. The van der Waals surface area contributed by atoms with Gasteiger partial charge in [-0.25, -0.2) is 14.9 Å². The molecule has 4 nitrogen and oxygen atoms in total. The van der Waals surface area contributed by atoms with Crippen molar-refractivity contribution in [3.8, 4) is 11.1 Å². The predicted molar refractivity (Wildman–Crippen MR) is 133 cm³/mol. The lowest BCUT2D eigenvalue weighted by molar-refractivity contribution is -0.224. The van der Waals surface area contributed by atoms with Gasteiger partial charge in [0.05, 0.1) is 0 Å². The van der Waals surface area contributed by atoms with Gasteiger partial charge in [0.1, 0.15) is 0 Å². The molecule has 2 N–H and O–H groups in total. The van der Waals surface area contributed by atoms with E-state index in [4.69, 9.17) is 27.2 Å². The van der Waals surface area contributed by atoms with Gasteiger partial charge in [-0.1, -0.05) is 54.1 Å². The maximum absolute atomic E-state index is 6.61. The number of hydrogen-bond acceptors (Lipinski definition) is 4. The van der Waals surface area contributed by atoms with Crippen molar-refractivity contribution in [3.63, 3.8) is 0 Å². The third-order valence-electron chi connectivity index (χ3n) is 7.83. The van der Waals surface area contributed by atoms with Crippen molar-refractivity contribution in [2.75, 3.05) is 7.05 Å². The molecule has 1 atom stereocenters. The summed E-state index contributed by atoms with van der Waals surface area (Å²) in [4.78, 5) is 11.7. The number of guanidine groups is 1. The number of hydroxylamine groups is 2. The molecule has 2 spiro atoms. The second kappa shape index (κ2) is 7.34. The summed E-state index contributed by atoms with van der Waals surface area (Å²) in [6, 6.07) is 21.7. The van der Waals surface area contributed by atoms with E-state index in [1.165, 1.54) is 16.7 Å². The average molecular weight is 458 g/mol. The minimum Gasteiger partial charge on any atom is -0.368 e. The highest BCUT2D eigenvalue weighted by molar-refractivity contribution is 6.31. The summed E-state index contributed by atoms with van der Waals surface area (Å²) in [5, 5.41) is 2.39. The Kier molecular flexibility index (Phi) is 4.62. The fraction of sp³-hybridized carbons (Fsp3) is 0.321. The highest BCUT2D eigenvalue weighted by Crippen LogP contribution is 2.61. The summed E-state index contributed by atoms with van der Waals surface area (Å²) >= 11 is 6.39. The number of halogens is 1. The lowest BCUT2D eigenvalue weighted by atomic mass is 9.71. The van der Waals surface area contributed by atoms with Gasteiger partial charge in [0.2, 0.25) is 11.7 Å². The molecular formula is C28H28ClN3O. The fourth-order valence-corrected chi connectivity index (χ4v) is 6.44. The van der Waals surface area contributed by atoms with Crippen LogP contribution >= 0.6 is 11.6 Å². The third kappa shape index (κ3) is 3.12. The molecule has 0 radical (unpaired) electrons. The Hall–Kier alpha value is -2.82. The Morgan fingerprint density at radius 1 is 0.939 bits per heavy atom. The average Bonchev–Trinajstić information content (AvgIpc) is 3.14. The fourth-order valence-electron chi connectivity index (χ4n) is 6.15. The summed E-state index contributed by atoms with van der Waals surface area (Å²) < 4.78 is 0. The van der Waals surface area contributed by atoms with Crippen LogP contribution < -0.4 is 5.73 Å². The summed E-state index contributed by atoms with van der Waals surface area (Å²) in [5.41, 5.74) is 14.1. The zero-order valence-electron chi connectivity index (χ0n) is 19.1. The number of fused-ring (bicyclic) bond motifs is 4. The Labute approximate surface area is 200 Å². The van der Waals surface area contributed by atoms with E-state index >= 15 is 0 Å². The topological polar surface area (TPSA) is 50.8 Å². The number of benzene rings is 3. The molecule has 1 unspecified atom stereocenters. The maximum atomic E-state index is 6.61. The monoisotopic (exact) mass is 457 g/mol. The van der Waals surface area contributed by atoms with E-state index in [2.05, 4.69) is 55.5 Å². The van der Waals surface area contributed by atoms with Crippen molar-refractivity contribution >= 4 is 17.6 Å². The molecule has 0 saturated heterocycles. The first kappa shape index (κ1) is 20.8. The van der Waals surface area contributed by atoms with Crippen LogP contribution in [0.5, 0.6) is 0 Å². The zero-order chi connectivity index (χ0) is 22.8. The van der Waals surface area contributed by atoms with Gasteiger partial charge in [-0.2, -0.15) is 0 Å². The molecule has 0 bridgehead atoms. The molecule has 168 valence electrons. The second-order valence-electron chi connectivity index (χ2n) is 9.82. The smallest absolute Gasteiger partial charge is 0.220 e. The molecule has 3 aromatic carbocycles. The van der Waals surface area contributed by atoms with E-state index in [1.807, 2.05) is 19.2 Å². The number of nitrogens with zero attached hydrogens (tertiary/aromatic N) is 2. The lowest BCUT2D eigenvalue weighted by Crippen LogP contribution is -2.43. The van der Waals surface area contributed by atoms with Gasteiger partial charge in [-0.05, 0) is 90.6 Å². The molecule has 1 aliphatic heterocycles. The summed E-state index contributed by atoms with van der Waals surface area (Å²) in [6.45, 7) is 2.07. The molecule has 5 heteroatoms. The Balaban J connectivity index is 1.49. The number of aryl methyl sites for hydroxylation is 3. The van der Waals surface area contributed by atoms with Gasteiger partial charge in [0.15, 0.2) is 0 Å². The third-order valence-corrected chi connectivity index (χ3v) is 8.04. The zero-order valence-corrected chi connectivity index (χ0v) is 19.8. The van der Waals surface area contributed by atoms with Crippen molar-refractivity contribution < 1.29 is 4.84 Å². The van der Waals surface area contributed by atoms with Gasteiger partial charge in [-0.15, -0.1) is 0 Å². The van der Waals surface area contributed by atoms with Crippen molar-refractivity contribution in [2.24, 2.45) is 16.1 Å². The van der Waals surface area contributed by atoms with Crippen LogP contribution in [0.25, 0.3) is 11.1 Å². The molecule has 6 rings (SSSR count). The minimum absolute atomic E-state index is 0.146. The highest BCUT2D eigenvalue weighted by atomic mass is 35.5. The highest BCUT2D eigenvalue weighted by Gasteiger charge is 2.62. The SMILES string of the molecule is Cc1cc(Cl)cc(-c2ccc3c(c2)C2(N=C(N)N(C)O2)C2(CCc4ccccc4CC2)C3)c1. The van der Waals surface area contributed by atoms with Crippen LogP contribution in [0.15, 0.2) is 65.7 Å². The predicted octanol–water partition coefficient (Wildman–Crippen LogP) is 5.78. The van der Waals surface area contributed by atoms with Crippen LogP contribution in [0.1, 0.15) is 40.7 Å². The first-order valence-electron chi connectivity index (χ1n) is 11.7. The molecule has 0 aromatic heterocycles. The van der Waals surface area contributed by atoms with Crippen LogP contribution in [0.2, 0.25) is 5.02 Å². The second-order valence-corrected chi connectivity index (χ2v) is 10.3. The largest absolute Gasteiger partial charge is 0.368 e. The van der Waals surface area contributed by atoms with Gasteiger partial charge in [0.25, 0.3) is 0 Å². The quantitative estimate of drug-likeness (QED) is 0.503. The van der Waals surface area contributed by atoms with Crippen molar-refractivity contribution in [1.82, 2.24) is 5.06 Å². The minimum atomic E-state index is -0.799. The Bertz CT molecular complexity index is 1250. The number of nitrogens with two attached hydrogens (primary N) is 1. The number of rotatable bonds is 1. The van der Waals surface area contributed by atoms with Crippen molar-refractivity contribution in [2.45, 2.75) is 44.8 Å². The molecule has 33 heavy (non-hydrogen) atoms. The van der Waals surface area contributed by atoms with Gasteiger partial charge in [-0.3, -0.25) is 0 Å². The van der Waals surface area contributed by atoms with Crippen molar-refractivity contribution in [1.29, 1.82) is 0 Å². The standard InChI is InChI=1S/C28H28ClN3O/c1-18-13-23(15-24(29)14-18)21-7-8-22-17-27(11-9-19-5-3-4-6-20(19)10-12-27)28(25(22)16-21)31-26(30)32(2)33-28/h3-8,13-16H,9-12,17H2,1-2H3,(H2,30,31). The molecule has 1 heterocycles. The normalized spacial score (nSPS) is 22.9. The summed E-state index contributed by atoms with van der Waals surface area (Å²) in [6.07, 6.45) is 5.00. The molecular weight excluding hydrogens is 430 g/mol. The molecule has 0 amide bonds. The first-order valence-corrected chi connectivity index (χ1v) is 12.0. The van der Waals surface area contributed by atoms with E-state index in [9.17, 15) is 0 Å². The van der Waals surface area contributed by atoms with Gasteiger partial charge < -0.3 is 5.73 Å². The van der Waals surface area contributed by atoms with E-state index in [0.29, 0.717) is 5.96 Å². The molecule has 0 fully saturated rings.